The molecule has 3 atom stereocenters. The molecule has 7 nitrogen and oxygen atoms in total. The third kappa shape index (κ3) is 2.73. The van der Waals surface area contributed by atoms with Gasteiger partial charge in [0.25, 0.3) is 0 Å². The van der Waals surface area contributed by atoms with Gasteiger partial charge < -0.3 is 13.7 Å². The van der Waals surface area contributed by atoms with Gasteiger partial charge in [0.15, 0.2) is 5.76 Å². The van der Waals surface area contributed by atoms with Crippen LogP contribution >= 0.6 is 0 Å². The summed E-state index contributed by atoms with van der Waals surface area (Å²) in [4.78, 5) is 18.8. The van der Waals surface area contributed by atoms with E-state index in [0.717, 1.165) is 12.8 Å². The molecule has 3 heterocycles. The Morgan fingerprint density at radius 3 is 3.08 bits per heavy atom. The number of rotatable bonds is 4. The summed E-state index contributed by atoms with van der Waals surface area (Å²) in [6, 6.07) is 3.74. The summed E-state index contributed by atoms with van der Waals surface area (Å²) in [5, 5.41) is 3.97. The minimum absolute atomic E-state index is 0.171. The summed E-state index contributed by atoms with van der Waals surface area (Å²) in [6.45, 7) is 0.467. The van der Waals surface area contributed by atoms with Crippen LogP contribution in [0.15, 0.2) is 27.3 Å². The van der Waals surface area contributed by atoms with Crippen LogP contribution in [0, 0.1) is 5.92 Å². The highest BCUT2D eigenvalue weighted by atomic mass is 16.5. The quantitative estimate of drug-likeness (QED) is 0.797. The monoisotopic (exact) mass is 331 g/mol. The van der Waals surface area contributed by atoms with Crippen molar-refractivity contribution in [2.75, 3.05) is 7.11 Å². The SMILES string of the molecule is COC(=O)[C@@H]1C[C@H]2CCCC[C@H]2N1Cc1nc(-c2ccco2)no1. The first-order valence-corrected chi connectivity index (χ1v) is 8.46. The first-order chi connectivity index (χ1) is 11.8. The molecule has 4 rings (SSSR count). The van der Waals surface area contributed by atoms with E-state index in [1.165, 1.54) is 26.4 Å². The largest absolute Gasteiger partial charge is 0.468 e. The predicted octanol–water partition coefficient (Wildman–Crippen LogP) is 2.64. The molecule has 0 spiro atoms. The van der Waals surface area contributed by atoms with E-state index in [1.54, 1.807) is 18.4 Å². The molecule has 2 fully saturated rings. The number of ether oxygens (including phenoxy) is 1. The van der Waals surface area contributed by atoms with E-state index in [9.17, 15) is 4.79 Å². The number of carbonyl (C=O) groups is 1. The topological polar surface area (TPSA) is 81.6 Å². The van der Waals surface area contributed by atoms with E-state index in [4.69, 9.17) is 13.7 Å². The molecule has 24 heavy (non-hydrogen) atoms. The summed E-state index contributed by atoms with van der Waals surface area (Å²) in [5.41, 5.74) is 0. The number of likely N-dealkylation sites (tertiary alicyclic amines) is 1. The summed E-state index contributed by atoms with van der Waals surface area (Å²) in [5.74, 6) is 1.89. The zero-order valence-electron chi connectivity index (χ0n) is 13.7. The minimum atomic E-state index is -0.220. The van der Waals surface area contributed by atoms with Gasteiger partial charge in [-0.1, -0.05) is 18.0 Å². The first-order valence-electron chi connectivity index (χ1n) is 8.46. The number of fused-ring (bicyclic) bond motifs is 1. The van der Waals surface area contributed by atoms with Crippen molar-refractivity contribution in [2.24, 2.45) is 5.92 Å². The van der Waals surface area contributed by atoms with Crippen molar-refractivity contribution in [2.45, 2.75) is 50.7 Å². The van der Waals surface area contributed by atoms with Crippen molar-refractivity contribution < 1.29 is 18.5 Å². The lowest BCUT2D eigenvalue weighted by atomic mass is 9.85. The lowest BCUT2D eigenvalue weighted by Crippen LogP contribution is -2.42. The standard InChI is InChI=1S/C17H21N3O4/c1-22-17(21)13-9-11-5-2-3-6-12(11)20(13)10-15-18-16(19-24-15)14-7-4-8-23-14/h4,7-8,11-13H,2-3,5-6,9-10H2,1H3/t11-,12-,13+/m1/s1. The van der Waals surface area contributed by atoms with Crippen LogP contribution in [0.25, 0.3) is 11.6 Å². The number of furan rings is 1. The molecular weight excluding hydrogens is 310 g/mol. The zero-order valence-corrected chi connectivity index (χ0v) is 13.7. The van der Waals surface area contributed by atoms with Crippen LogP contribution in [-0.4, -0.2) is 40.2 Å². The van der Waals surface area contributed by atoms with Gasteiger partial charge in [-0.3, -0.25) is 9.69 Å². The molecule has 1 saturated heterocycles. The van der Waals surface area contributed by atoms with Crippen LogP contribution in [0.3, 0.4) is 0 Å². The maximum absolute atomic E-state index is 12.2. The smallest absolute Gasteiger partial charge is 0.323 e. The van der Waals surface area contributed by atoms with Crippen molar-refractivity contribution >= 4 is 5.97 Å². The number of hydrogen-bond acceptors (Lipinski definition) is 7. The van der Waals surface area contributed by atoms with Gasteiger partial charge >= 0.3 is 5.97 Å². The molecule has 128 valence electrons. The van der Waals surface area contributed by atoms with Crippen LogP contribution < -0.4 is 0 Å². The normalized spacial score (nSPS) is 27.1. The summed E-state index contributed by atoms with van der Waals surface area (Å²) >= 11 is 0. The van der Waals surface area contributed by atoms with Gasteiger partial charge in [0.1, 0.15) is 6.04 Å². The van der Waals surface area contributed by atoms with Gasteiger partial charge in [-0.15, -0.1) is 0 Å². The fraction of sp³-hybridized carbons (Fsp3) is 0.588. The van der Waals surface area contributed by atoms with E-state index >= 15 is 0 Å². The molecule has 0 unspecified atom stereocenters. The zero-order chi connectivity index (χ0) is 16.5. The molecular formula is C17H21N3O4. The van der Waals surface area contributed by atoms with E-state index in [0.29, 0.717) is 36.0 Å². The Hall–Kier alpha value is -2.15. The van der Waals surface area contributed by atoms with Gasteiger partial charge in [0, 0.05) is 6.04 Å². The van der Waals surface area contributed by atoms with Crippen LogP contribution in [0.1, 0.15) is 38.0 Å². The number of methoxy groups -OCH3 is 1. The van der Waals surface area contributed by atoms with Crippen molar-refractivity contribution in [1.82, 2.24) is 15.0 Å². The van der Waals surface area contributed by atoms with Gasteiger partial charge in [-0.25, -0.2) is 0 Å². The molecule has 2 aliphatic rings. The Kier molecular flexibility index (Phi) is 4.10. The predicted molar refractivity (Wildman–Crippen MR) is 83.7 cm³/mol. The number of nitrogens with zero attached hydrogens (tertiary/aromatic N) is 3. The number of esters is 1. The number of hydrogen-bond donors (Lipinski definition) is 0. The molecule has 7 heteroatoms. The summed E-state index contributed by atoms with van der Waals surface area (Å²) in [7, 11) is 1.45. The second-order valence-electron chi connectivity index (χ2n) is 6.55. The van der Waals surface area contributed by atoms with Crippen LogP contribution in [0.2, 0.25) is 0 Å². The molecule has 0 N–H and O–H groups in total. The third-order valence-electron chi connectivity index (χ3n) is 5.22. The Morgan fingerprint density at radius 1 is 1.42 bits per heavy atom. The van der Waals surface area contributed by atoms with Crippen molar-refractivity contribution in [3.8, 4) is 11.6 Å². The summed E-state index contributed by atoms with van der Waals surface area (Å²) < 4.78 is 15.7. The maximum Gasteiger partial charge on any atom is 0.323 e. The highest BCUT2D eigenvalue weighted by Crippen LogP contribution is 2.40. The van der Waals surface area contributed by atoms with Gasteiger partial charge in [-0.05, 0) is 37.3 Å². The van der Waals surface area contributed by atoms with E-state index in [-0.39, 0.29) is 12.0 Å². The molecule has 1 aliphatic carbocycles. The molecule has 2 aromatic heterocycles. The number of carbonyl (C=O) groups excluding carboxylic acids is 1. The molecule has 0 radical (unpaired) electrons. The Bertz CT molecular complexity index is 697. The first kappa shape index (κ1) is 15.4. The third-order valence-corrected chi connectivity index (χ3v) is 5.22. The van der Waals surface area contributed by atoms with Crippen molar-refractivity contribution in [3.63, 3.8) is 0 Å². The summed E-state index contributed by atoms with van der Waals surface area (Å²) in [6.07, 6.45) is 7.16. The maximum atomic E-state index is 12.2. The van der Waals surface area contributed by atoms with Crippen LogP contribution in [0.4, 0.5) is 0 Å². The fourth-order valence-electron chi connectivity index (χ4n) is 4.13. The molecule has 0 aromatic carbocycles. The highest BCUT2D eigenvalue weighted by Gasteiger charge is 2.46. The second kappa shape index (κ2) is 6.39. The fourth-order valence-corrected chi connectivity index (χ4v) is 4.13. The van der Waals surface area contributed by atoms with Crippen LogP contribution in [0.5, 0.6) is 0 Å². The van der Waals surface area contributed by atoms with Gasteiger partial charge in [0.2, 0.25) is 11.7 Å². The van der Waals surface area contributed by atoms with Gasteiger partial charge in [0.05, 0.1) is 19.9 Å². The molecule has 0 bridgehead atoms. The lowest BCUT2D eigenvalue weighted by Gasteiger charge is -2.32. The molecule has 0 amide bonds. The van der Waals surface area contributed by atoms with Crippen molar-refractivity contribution in [3.05, 3.63) is 24.3 Å². The van der Waals surface area contributed by atoms with E-state index < -0.39 is 0 Å². The minimum Gasteiger partial charge on any atom is -0.468 e. The van der Waals surface area contributed by atoms with E-state index in [1.807, 2.05) is 0 Å². The van der Waals surface area contributed by atoms with Gasteiger partial charge in [-0.2, -0.15) is 4.98 Å². The lowest BCUT2D eigenvalue weighted by molar-refractivity contribution is -0.146. The van der Waals surface area contributed by atoms with E-state index in [2.05, 4.69) is 15.0 Å². The molecule has 1 saturated carbocycles. The average Bonchev–Trinajstić information content (AvgIpc) is 3.34. The number of aromatic nitrogens is 2. The second-order valence-corrected chi connectivity index (χ2v) is 6.55. The highest BCUT2D eigenvalue weighted by molar-refractivity contribution is 5.76. The van der Waals surface area contributed by atoms with Crippen LogP contribution in [-0.2, 0) is 16.1 Å². The Labute approximate surface area is 140 Å². The average molecular weight is 331 g/mol. The van der Waals surface area contributed by atoms with Crippen molar-refractivity contribution in [1.29, 1.82) is 0 Å². The Balaban J connectivity index is 1.55. The Morgan fingerprint density at radius 2 is 2.29 bits per heavy atom. The molecule has 1 aliphatic heterocycles. The molecule has 2 aromatic rings.